The van der Waals surface area contributed by atoms with Crippen molar-refractivity contribution >= 4 is 39.8 Å². The largest absolute Gasteiger partial charge is 0.504 e. The maximum absolute atomic E-state index is 11.7. The molecule has 0 spiro atoms. The van der Waals surface area contributed by atoms with Gasteiger partial charge >= 0.3 is 5.00 Å². The minimum atomic E-state index is -0.734. The van der Waals surface area contributed by atoms with Crippen molar-refractivity contribution in [1.29, 1.82) is 0 Å². The highest BCUT2D eigenvalue weighted by Gasteiger charge is 2.13. The number of nitrogens with zero attached hydrogens (tertiary/aromatic N) is 3. The van der Waals surface area contributed by atoms with E-state index in [4.69, 9.17) is 0 Å². The number of nitro groups is 2. The average Bonchev–Trinajstić information content (AvgIpc) is 2.96. The second-order valence-corrected chi connectivity index (χ2v) is 5.17. The molecule has 0 aliphatic rings. The standard InChI is InChI=1S/C12H8N4O6S/c17-9-5-7(15(19)20)6-13-12(9)14-10(18)3-1-8-2-4-11(23-8)16(21)22/h1-6,17H,(H,13,14,18)/b3-1+. The molecule has 2 aromatic heterocycles. The van der Waals surface area contributed by atoms with Crippen LogP contribution in [-0.4, -0.2) is 25.8 Å². The fraction of sp³-hybridized carbons (Fsp3) is 0. The maximum atomic E-state index is 11.7. The molecule has 118 valence electrons. The topological polar surface area (TPSA) is 148 Å². The van der Waals surface area contributed by atoms with Crippen molar-refractivity contribution in [3.63, 3.8) is 0 Å². The van der Waals surface area contributed by atoms with E-state index in [0.717, 1.165) is 29.7 Å². The third-order valence-corrected chi connectivity index (χ3v) is 3.50. The van der Waals surface area contributed by atoms with Gasteiger partial charge in [-0.2, -0.15) is 0 Å². The number of amides is 1. The minimum Gasteiger partial charge on any atom is -0.504 e. The smallest absolute Gasteiger partial charge is 0.324 e. The number of nitrogens with one attached hydrogen (secondary N) is 1. The molecular formula is C12H8N4O6S. The molecule has 0 unspecified atom stereocenters. The van der Waals surface area contributed by atoms with Crippen molar-refractivity contribution in [2.24, 2.45) is 0 Å². The van der Waals surface area contributed by atoms with Crippen LogP contribution in [0.3, 0.4) is 0 Å². The Hall–Kier alpha value is -3.34. The highest BCUT2D eigenvalue weighted by molar-refractivity contribution is 7.16. The summed E-state index contributed by atoms with van der Waals surface area (Å²) in [6.07, 6.45) is 3.34. The third kappa shape index (κ3) is 4.07. The average molecular weight is 336 g/mol. The molecule has 2 N–H and O–H groups in total. The summed E-state index contributed by atoms with van der Waals surface area (Å²) in [5.41, 5.74) is -0.415. The lowest BCUT2D eigenvalue weighted by atomic mass is 10.3. The molecule has 0 saturated heterocycles. The van der Waals surface area contributed by atoms with Crippen molar-refractivity contribution in [1.82, 2.24) is 4.98 Å². The van der Waals surface area contributed by atoms with Crippen LogP contribution in [-0.2, 0) is 4.79 Å². The second-order valence-electron chi connectivity index (χ2n) is 4.07. The van der Waals surface area contributed by atoms with Crippen LogP contribution in [0.5, 0.6) is 5.75 Å². The van der Waals surface area contributed by atoms with Crippen LogP contribution in [0.15, 0.2) is 30.5 Å². The Morgan fingerprint density at radius 1 is 1.30 bits per heavy atom. The van der Waals surface area contributed by atoms with Crippen LogP contribution in [0.25, 0.3) is 6.08 Å². The summed E-state index contributed by atoms with van der Waals surface area (Å²) < 4.78 is 0. The minimum absolute atomic E-state index is 0.0558. The molecule has 0 bridgehead atoms. The molecule has 11 heteroatoms. The Kier molecular flexibility index (Phi) is 4.61. The monoisotopic (exact) mass is 336 g/mol. The lowest BCUT2D eigenvalue weighted by Gasteiger charge is -2.03. The molecule has 0 aliphatic carbocycles. The number of hydrogen-bond acceptors (Lipinski definition) is 8. The molecular weight excluding hydrogens is 328 g/mol. The number of hydrogen-bond donors (Lipinski definition) is 2. The summed E-state index contributed by atoms with van der Waals surface area (Å²) in [5.74, 6) is -1.44. The first-order chi connectivity index (χ1) is 10.9. The number of aromatic nitrogens is 1. The van der Waals surface area contributed by atoms with Crippen LogP contribution in [0.4, 0.5) is 16.5 Å². The molecule has 0 radical (unpaired) electrons. The number of aromatic hydroxyl groups is 1. The van der Waals surface area contributed by atoms with Gasteiger partial charge in [-0.15, -0.1) is 0 Å². The molecule has 0 saturated carbocycles. The van der Waals surface area contributed by atoms with Crippen LogP contribution in [0.2, 0.25) is 0 Å². The molecule has 2 heterocycles. The van der Waals surface area contributed by atoms with Gasteiger partial charge in [-0.05, 0) is 12.1 Å². The van der Waals surface area contributed by atoms with Crippen molar-refractivity contribution in [2.75, 3.05) is 5.32 Å². The molecule has 2 rings (SSSR count). The summed E-state index contributed by atoms with van der Waals surface area (Å²) in [6, 6.07) is 3.65. The van der Waals surface area contributed by atoms with E-state index in [-0.39, 0.29) is 10.8 Å². The van der Waals surface area contributed by atoms with Gasteiger partial charge in [-0.3, -0.25) is 25.0 Å². The summed E-state index contributed by atoms with van der Waals surface area (Å²) in [6.45, 7) is 0. The Bertz CT molecular complexity index is 816. The van der Waals surface area contributed by atoms with Gasteiger partial charge in [0.1, 0.15) is 6.20 Å². The lowest BCUT2D eigenvalue weighted by molar-refractivity contribution is -0.385. The number of thiophene rings is 1. The highest BCUT2D eigenvalue weighted by atomic mass is 32.1. The Balaban J connectivity index is 2.05. The van der Waals surface area contributed by atoms with Crippen LogP contribution < -0.4 is 5.32 Å². The maximum Gasteiger partial charge on any atom is 0.324 e. The zero-order valence-electron chi connectivity index (χ0n) is 11.2. The molecule has 0 aliphatic heterocycles. The van der Waals surface area contributed by atoms with Gasteiger partial charge in [0.15, 0.2) is 11.6 Å². The molecule has 0 fully saturated rings. The number of carbonyl (C=O) groups is 1. The quantitative estimate of drug-likeness (QED) is 0.483. The van der Waals surface area contributed by atoms with Crippen molar-refractivity contribution in [3.05, 3.63) is 55.6 Å². The van der Waals surface area contributed by atoms with Crippen molar-refractivity contribution in [3.8, 4) is 5.75 Å². The second kappa shape index (κ2) is 6.62. The third-order valence-electron chi connectivity index (χ3n) is 2.50. The fourth-order valence-corrected chi connectivity index (χ4v) is 2.21. The zero-order valence-corrected chi connectivity index (χ0v) is 12.0. The first kappa shape index (κ1) is 16.0. The van der Waals surface area contributed by atoms with E-state index < -0.39 is 27.2 Å². The predicted molar refractivity (Wildman–Crippen MR) is 81.2 cm³/mol. The Morgan fingerprint density at radius 3 is 2.61 bits per heavy atom. The Labute approximate surface area is 132 Å². The van der Waals surface area contributed by atoms with E-state index in [1.54, 1.807) is 0 Å². The number of anilines is 1. The van der Waals surface area contributed by atoms with Gasteiger partial charge in [0.2, 0.25) is 5.91 Å². The number of pyridine rings is 1. The van der Waals surface area contributed by atoms with Crippen LogP contribution >= 0.6 is 11.3 Å². The van der Waals surface area contributed by atoms with E-state index in [0.29, 0.717) is 4.88 Å². The molecule has 10 nitrogen and oxygen atoms in total. The van der Waals surface area contributed by atoms with Crippen LogP contribution in [0.1, 0.15) is 4.88 Å². The van der Waals surface area contributed by atoms with Gasteiger partial charge in [-0.1, -0.05) is 11.3 Å². The van der Waals surface area contributed by atoms with Crippen molar-refractivity contribution in [2.45, 2.75) is 0 Å². The van der Waals surface area contributed by atoms with Crippen LogP contribution in [0, 0.1) is 20.2 Å². The van der Waals surface area contributed by atoms with E-state index in [1.165, 1.54) is 18.2 Å². The summed E-state index contributed by atoms with van der Waals surface area (Å²) in [4.78, 5) is 35.5. The molecule has 23 heavy (non-hydrogen) atoms. The predicted octanol–water partition coefficient (Wildman–Crippen LogP) is 2.32. The summed E-state index contributed by atoms with van der Waals surface area (Å²) in [5, 5.41) is 32.8. The van der Waals surface area contributed by atoms with Crippen molar-refractivity contribution < 1.29 is 19.7 Å². The zero-order chi connectivity index (χ0) is 17.0. The van der Waals surface area contributed by atoms with E-state index in [2.05, 4.69) is 10.3 Å². The normalized spacial score (nSPS) is 10.6. The molecule has 0 aromatic carbocycles. The highest BCUT2D eigenvalue weighted by Crippen LogP contribution is 2.26. The van der Waals surface area contributed by atoms with Gasteiger partial charge in [0.05, 0.1) is 15.9 Å². The van der Waals surface area contributed by atoms with Gasteiger partial charge in [0, 0.05) is 17.0 Å². The fourth-order valence-electron chi connectivity index (χ4n) is 1.48. The van der Waals surface area contributed by atoms with E-state index >= 15 is 0 Å². The molecule has 0 atom stereocenters. The summed E-state index contributed by atoms with van der Waals surface area (Å²) in [7, 11) is 0. The molecule has 2 aromatic rings. The SMILES string of the molecule is O=C(/C=C/c1ccc([N+](=O)[O-])s1)Nc1ncc([N+](=O)[O-])cc1O. The summed E-state index contributed by atoms with van der Waals surface area (Å²) >= 11 is 0.892. The van der Waals surface area contributed by atoms with Gasteiger partial charge in [0.25, 0.3) is 5.69 Å². The lowest BCUT2D eigenvalue weighted by Crippen LogP contribution is -2.09. The van der Waals surface area contributed by atoms with E-state index in [9.17, 15) is 30.1 Å². The number of rotatable bonds is 5. The Morgan fingerprint density at radius 2 is 2.04 bits per heavy atom. The first-order valence-electron chi connectivity index (χ1n) is 5.93. The van der Waals surface area contributed by atoms with Gasteiger partial charge in [-0.25, -0.2) is 4.98 Å². The molecule has 1 amide bonds. The first-order valence-corrected chi connectivity index (χ1v) is 6.75. The van der Waals surface area contributed by atoms with Gasteiger partial charge < -0.3 is 10.4 Å². The number of carbonyl (C=O) groups excluding carboxylic acids is 1. The van der Waals surface area contributed by atoms with E-state index in [1.807, 2.05) is 0 Å².